The predicted octanol–water partition coefficient (Wildman–Crippen LogP) is 5.80. The second kappa shape index (κ2) is 9.54. The Morgan fingerprint density at radius 1 is 0.969 bits per heavy atom. The molecule has 0 atom stereocenters. The van der Waals surface area contributed by atoms with Gasteiger partial charge in [0.15, 0.2) is 0 Å². The third kappa shape index (κ3) is 5.18. The molecular weight excluding hydrogens is 488 g/mol. The van der Waals surface area contributed by atoms with Crippen LogP contribution in [0.1, 0.15) is 16.7 Å². The van der Waals surface area contributed by atoms with Gasteiger partial charge in [0.05, 0.1) is 11.1 Å². The molecule has 0 radical (unpaired) electrons. The standard InChI is InChI=1S/C25H21BrN2O3S/c1-18-9-12-22(13-10-18)32(29,30)28-27-16-24-23-8-3-2-6-20(23)11-14-25(24)31-17-19-5-4-7-21(26)15-19/h2-16,28H,17H2,1H3. The third-order valence-electron chi connectivity index (χ3n) is 4.91. The number of hydrogen-bond acceptors (Lipinski definition) is 4. The lowest BCUT2D eigenvalue weighted by atomic mass is 10.0. The number of benzene rings is 4. The number of ether oxygens (including phenoxy) is 1. The number of nitrogens with one attached hydrogen (secondary N) is 1. The van der Waals surface area contributed by atoms with Gasteiger partial charge in [0.2, 0.25) is 0 Å². The maximum absolute atomic E-state index is 12.6. The van der Waals surface area contributed by atoms with Crippen molar-refractivity contribution in [2.45, 2.75) is 18.4 Å². The van der Waals surface area contributed by atoms with Gasteiger partial charge in [-0.3, -0.25) is 0 Å². The highest BCUT2D eigenvalue weighted by Gasteiger charge is 2.13. The first-order valence-corrected chi connectivity index (χ1v) is 12.2. The topological polar surface area (TPSA) is 67.8 Å². The van der Waals surface area contributed by atoms with Crippen molar-refractivity contribution in [3.8, 4) is 5.75 Å². The quantitative estimate of drug-likeness (QED) is 0.253. The molecule has 32 heavy (non-hydrogen) atoms. The van der Waals surface area contributed by atoms with Crippen molar-refractivity contribution in [2.24, 2.45) is 5.10 Å². The van der Waals surface area contributed by atoms with Gasteiger partial charge in [0.1, 0.15) is 12.4 Å². The summed E-state index contributed by atoms with van der Waals surface area (Å²) in [5, 5.41) is 5.96. The summed E-state index contributed by atoms with van der Waals surface area (Å²) >= 11 is 3.47. The Kier molecular flexibility index (Phi) is 6.58. The molecule has 0 aliphatic carbocycles. The molecule has 0 aliphatic heterocycles. The van der Waals surface area contributed by atoms with Crippen LogP contribution in [0, 0.1) is 6.92 Å². The fourth-order valence-electron chi connectivity index (χ4n) is 3.25. The van der Waals surface area contributed by atoms with Crippen LogP contribution in [-0.4, -0.2) is 14.6 Å². The molecule has 5 nitrogen and oxygen atoms in total. The van der Waals surface area contributed by atoms with Gasteiger partial charge in [-0.25, -0.2) is 4.83 Å². The van der Waals surface area contributed by atoms with Crippen molar-refractivity contribution in [1.82, 2.24) is 4.83 Å². The first-order valence-electron chi connectivity index (χ1n) is 9.93. The van der Waals surface area contributed by atoms with E-state index in [2.05, 4.69) is 25.9 Å². The second-order valence-electron chi connectivity index (χ2n) is 7.28. The molecular formula is C25H21BrN2O3S. The van der Waals surface area contributed by atoms with E-state index in [0.29, 0.717) is 17.9 Å². The van der Waals surface area contributed by atoms with Crippen LogP contribution < -0.4 is 9.57 Å². The van der Waals surface area contributed by atoms with Crippen LogP contribution in [0.25, 0.3) is 10.8 Å². The third-order valence-corrected chi connectivity index (χ3v) is 6.64. The first-order chi connectivity index (χ1) is 15.4. The Labute approximate surface area is 195 Å². The van der Waals surface area contributed by atoms with E-state index in [0.717, 1.165) is 26.4 Å². The Bertz CT molecular complexity index is 1380. The van der Waals surface area contributed by atoms with E-state index >= 15 is 0 Å². The molecule has 4 aromatic rings. The maximum Gasteiger partial charge on any atom is 0.276 e. The summed E-state index contributed by atoms with van der Waals surface area (Å²) in [6.07, 6.45) is 1.49. The maximum atomic E-state index is 12.6. The summed E-state index contributed by atoms with van der Waals surface area (Å²) in [6, 6.07) is 26.1. The zero-order chi connectivity index (χ0) is 22.6. The number of hydrazone groups is 1. The van der Waals surface area contributed by atoms with Gasteiger partial charge < -0.3 is 4.74 Å². The van der Waals surface area contributed by atoms with Gasteiger partial charge in [-0.1, -0.05) is 76.1 Å². The highest BCUT2D eigenvalue weighted by molar-refractivity contribution is 9.10. The minimum Gasteiger partial charge on any atom is -0.488 e. The Morgan fingerprint density at radius 3 is 2.53 bits per heavy atom. The van der Waals surface area contributed by atoms with Crippen molar-refractivity contribution in [3.05, 3.63) is 106 Å². The largest absolute Gasteiger partial charge is 0.488 e. The highest BCUT2D eigenvalue weighted by atomic mass is 79.9. The van der Waals surface area contributed by atoms with E-state index < -0.39 is 10.0 Å². The SMILES string of the molecule is Cc1ccc(S(=O)(=O)NN=Cc2c(OCc3cccc(Br)c3)ccc3ccccc23)cc1. The molecule has 0 aliphatic rings. The average molecular weight is 509 g/mol. The molecule has 0 unspecified atom stereocenters. The van der Waals surface area contributed by atoms with Crippen molar-refractivity contribution in [3.63, 3.8) is 0 Å². The van der Waals surface area contributed by atoms with Crippen molar-refractivity contribution in [2.75, 3.05) is 0 Å². The van der Waals surface area contributed by atoms with E-state index in [1.54, 1.807) is 24.3 Å². The molecule has 0 saturated carbocycles. The number of sulfonamides is 1. The van der Waals surface area contributed by atoms with Gasteiger partial charge in [-0.2, -0.15) is 13.5 Å². The minimum absolute atomic E-state index is 0.157. The van der Waals surface area contributed by atoms with Crippen LogP contribution >= 0.6 is 15.9 Å². The molecule has 0 fully saturated rings. The molecule has 4 aromatic carbocycles. The summed E-state index contributed by atoms with van der Waals surface area (Å²) in [6.45, 7) is 2.27. The number of nitrogens with zero attached hydrogens (tertiary/aromatic N) is 1. The van der Waals surface area contributed by atoms with E-state index in [4.69, 9.17) is 4.74 Å². The number of hydrogen-bond donors (Lipinski definition) is 1. The smallest absolute Gasteiger partial charge is 0.276 e. The summed E-state index contributed by atoms with van der Waals surface area (Å²) in [5.74, 6) is 0.613. The molecule has 0 heterocycles. The molecule has 1 N–H and O–H groups in total. The molecule has 0 bridgehead atoms. The molecule has 0 amide bonds. The number of fused-ring (bicyclic) bond motifs is 1. The lowest BCUT2D eigenvalue weighted by molar-refractivity contribution is 0.306. The van der Waals surface area contributed by atoms with Gasteiger partial charge >= 0.3 is 0 Å². The van der Waals surface area contributed by atoms with Crippen LogP contribution in [0.2, 0.25) is 0 Å². The number of rotatable bonds is 7. The predicted molar refractivity (Wildman–Crippen MR) is 132 cm³/mol. The lowest BCUT2D eigenvalue weighted by Crippen LogP contribution is -2.18. The van der Waals surface area contributed by atoms with Crippen LogP contribution in [0.15, 0.2) is 99.4 Å². The van der Waals surface area contributed by atoms with E-state index in [1.165, 1.54) is 6.21 Å². The molecule has 0 spiro atoms. The van der Waals surface area contributed by atoms with E-state index in [1.807, 2.05) is 67.6 Å². The van der Waals surface area contributed by atoms with Crippen molar-refractivity contribution >= 4 is 42.9 Å². The zero-order valence-electron chi connectivity index (χ0n) is 17.3. The average Bonchev–Trinajstić information content (AvgIpc) is 2.78. The molecule has 7 heteroatoms. The Hall–Kier alpha value is -3.16. The van der Waals surface area contributed by atoms with Gasteiger partial charge in [0.25, 0.3) is 10.0 Å². The molecule has 0 saturated heterocycles. The number of halogens is 1. The summed E-state index contributed by atoms with van der Waals surface area (Å²) in [4.78, 5) is 2.45. The van der Waals surface area contributed by atoms with Gasteiger partial charge in [0, 0.05) is 10.0 Å². The molecule has 4 rings (SSSR count). The summed E-state index contributed by atoms with van der Waals surface area (Å²) in [5.41, 5.74) is 2.69. The first kappa shape index (κ1) is 22.0. The fraction of sp³-hybridized carbons (Fsp3) is 0.0800. The highest BCUT2D eigenvalue weighted by Crippen LogP contribution is 2.27. The minimum atomic E-state index is -3.77. The van der Waals surface area contributed by atoms with Gasteiger partial charge in [-0.15, -0.1) is 0 Å². The van der Waals surface area contributed by atoms with Crippen molar-refractivity contribution in [1.29, 1.82) is 0 Å². The van der Waals surface area contributed by atoms with Crippen molar-refractivity contribution < 1.29 is 13.2 Å². The van der Waals surface area contributed by atoms with E-state index in [9.17, 15) is 8.42 Å². The van der Waals surface area contributed by atoms with Crippen LogP contribution in [0.3, 0.4) is 0 Å². The summed E-state index contributed by atoms with van der Waals surface area (Å²) < 4.78 is 32.2. The summed E-state index contributed by atoms with van der Waals surface area (Å²) in [7, 11) is -3.77. The fourth-order valence-corrected chi connectivity index (χ4v) is 4.49. The Morgan fingerprint density at radius 2 is 1.75 bits per heavy atom. The second-order valence-corrected chi connectivity index (χ2v) is 9.86. The monoisotopic (exact) mass is 508 g/mol. The lowest BCUT2D eigenvalue weighted by Gasteiger charge is -2.12. The Balaban J connectivity index is 1.62. The normalized spacial score (nSPS) is 11.7. The number of aryl methyl sites for hydroxylation is 1. The van der Waals surface area contributed by atoms with Crippen LogP contribution in [0.4, 0.5) is 0 Å². The van der Waals surface area contributed by atoms with E-state index in [-0.39, 0.29) is 4.90 Å². The van der Waals surface area contributed by atoms with Crippen LogP contribution in [0.5, 0.6) is 5.75 Å². The molecule has 0 aromatic heterocycles. The molecule has 162 valence electrons. The van der Waals surface area contributed by atoms with Crippen LogP contribution in [-0.2, 0) is 16.6 Å². The van der Waals surface area contributed by atoms with Gasteiger partial charge in [-0.05, 0) is 53.6 Å². The zero-order valence-corrected chi connectivity index (χ0v) is 19.7.